The molecule has 5 rings (SSSR count). The fourth-order valence-corrected chi connectivity index (χ4v) is 5.15. The monoisotopic (exact) mass is 515 g/mol. The Kier molecular flexibility index (Phi) is 8.17. The van der Waals surface area contributed by atoms with E-state index in [0.29, 0.717) is 24.6 Å². The smallest absolute Gasteiger partial charge is 0.257 e. The average molecular weight is 516 g/mol. The summed E-state index contributed by atoms with van der Waals surface area (Å²) in [5.41, 5.74) is 3.92. The highest BCUT2D eigenvalue weighted by molar-refractivity contribution is 6.05. The first-order valence-corrected chi connectivity index (χ1v) is 13.4. The van der Waals surface area contributed by atoms with E-state index in [1.54, 1.807) is 23.5 Å². The molecule has 2 aliphatic rings. The topological polar surface area (TPSA) is 99.9 Å². The molecule has 0 spiro atoms. The predicted octanol–water partition coefficient (Wildman–Crippen LogP) is 3.74. The van der Waals surface area contributed by atoms with Gasteiger partial charge in [-0.1, -0.05) is 18.6 Å². The molecule has 9 nitrogen and oxygen atoms in total. The second-order valence-corrected chi connectivity index (χ2v) is 10.1. The maximum absolute atomic E-state index is 13.1. The van der Waals surface area contributed by atoms with Gasteiger partial charge in [-0.25, -0.2) is 15.8 Å². The molecule has 3 aromatic rings. The van der Waals surface area contributed by atoms with Crippen LogP contribution in [0.25, 0.3) is 16.3 Å². The number of carbonyl (C=O) groups is 1. The highest BCUT2D eigenvalue weighted by Crippen LogP contribution is 2.26. The largest absolute Gasteiger partial charge is 0.378 e. The number of nitrogens with two attached hydrogens (primary N) is 1. The number of fused-ring (bicyclic) bond motifs is 1. The minimum atomic E-state index is -0.213. The number of morpholine rings is 1. The van der Waals surface area contributed by atoms with Gasteiger partial charge in [0.05, 0.1) is 13.2 Å². The second kappa shape index (κ2) is 11.9. The molecule has 1 amide bonds. The van der Waals surface area contributed by atoms with Crippen LogP contribution in [0.15, 0.2) is 54.5 Å². The summed E-state index contributed by atoms with van der Waals surface area (Å²) >= 11 is 0. The van der Waals surface area contributed by atoms with Crippen LogP contribution in [0.3, 0.4) is 0 Å². The van der Waals surface area contributed by atoms with Crippen LogP contribution in [0.2, 0.25) is 0 Å². The zero-order valence-electron chi connectivity index (χ0n) is 22.3. The lowest BCUT2D eigenvalue weighted by atomic mass is 10.0. The molecule has 0 radical (unpaired) electrons. The number of hydrazine groups is 1. The van der Waals surface area contributed by atoms with E-state index < -0.39 is 0 Å². The summed E-state index contributed by atoms with van der Waals surface area (Å²) in [6.45, 7) is 8.05. The van der Waals surface area contributed by atoms with E-state index in [-0.39, 0.29) is 5.91 Å². The van der Waals surface area contributed by atoms with Crippen molar-refractivity contribution in [3.05, 3.63) is 65.6 Å². The van der Waals surface area contributed by atoms with E-state index in [4.69, 9.17) is 10.6 Å². The lowest BCUT2D eigenvalue weighted by molar-refractivity contribution is 0.102. The average Bonchev–Trinajstić information content (AvgIpc) is 2.96. The predicted molar refractivity (Wildman–Crippen MR) is 152 cm³/mol. The number of amides is 1. The molecule has 0 unspecified atom stereocenters. The Bertz CT molecular complexity index is 1310. The van der Waals surface area contributed by atoms with Crippen molar-refractivity contribution in [1.29, 1.82) is 0 Å². The van der Waals surface area contributed by atoms with Gasteiger partial charge in [-0.2, -0.15) is 0 Å². The van der Waals surface area contributed by atoms with Gasteiger partial charge >= 0.3 is 0 Å². The maximum Gasteiger partial charge on any atom is 0.257 e. The van der Waals surface area contributed by atoms with Crippen molar-refractivity contribution >= 4 is 33.9 Å². The Labute approximate surface area is 224 Å². The van der Waals surface area contributed by atoms with E-state index in [9.17, 15) is 4.79 Å². The number of anilines is 2. The Morgan fingerprint density at radius 1 is 1.00 bits per heavy atom. The summed E-state index contributed by atoms with van der Waals surface area (Å²) in [6, 6.07) is 11.8. The number of piperidine rings is 1. The van der Waals surface area contributed by atoms with Crippen molar-refractivity contribution in [1.82, 2.24) is 19.9 Å². The van der Waals surface area contributed by atoms with Gasteiger partial charge in [-0.05, 0) is 73.6 Å². The summed E-state index contributed by atoms with van der Waals surface area (Å²) in [5, 5.41) is 6.72. The van der Waals surface area contributed by atoms with Crippen molar-refractivity contribution in [2.45, 2.75) is 26.2 Å². The minimum Gasteiger partial charge on any atom is -0.378 e. The Balaban J connectivity index is 1.35. The summed E-state index contributed by atoms with van der Waals surface area (Å²) < 4.78 is 5.42. The second-order valence-electron chi connectivity index (χ2n) is 10.1. The molecule has 38 heavy (non-hydrogen) atoms. The van der Waals surface area contributed by atoms with Crippen molar-refractivity contribution in [2.24, 2.45) is 5.84 Å². The molecule has 1 aromatic carbocycles. The van der Waals surface area contributed by atoms with Crippen molar-refractivity contribution in [3.8, 4) is 0 Å². The lowest BCUT2D eigenvalue weighted by Gasteiger charge is -2.30. The van der Waals surface area contributed by atoms with Crippen LogP contribution in [-0.2, 0) is 4.74 Å². The molecule has 2 aliphatic heterocycles. The summed E-state index contributed by atoms with van der Waals surface area (Å²) in [6.07, 6.45) is 7.26. The number of carbonyl (C=O) groups excluding carboxylic acids is 1. The van der Waals surface area contributed by atoms with Crippen LogP contribution in [0.4, 0.5) is 11.6 Å². The lowest BCUT2D eigenvalue weighted by Crippen LogP contribution is -2.38. The van der Waals surface area contributed by atoms with Gasteiger partial charge in [-0.3, -0.25) is 9.69 Å². The number of likely N-dealkylation sites (tertiary alicyclic amines) is 1. The third-order valence-corrected chi connectivity index (χ3v) is 7.42. The number of rotatable bonds is 7. The molecule has 4 heterocycles. The Hall–Kier alpha value is -3.53. The highest BCUT2D eigenvalue weighted by Gasteiger charge is 2.17. The zero-order chi connectivity index (χ0) is 26.5. The van der Waals surface area contributed by atoms with Crippen LogP contribution >= 0.6 is 0 Å². The van der Waals surface area contributed by atoms with E-state index in [1.165, 1.54) is 19.3 Å². The molecular weight excluding hydrogens is 478 g/mol. The molecule has 0 saturated carbocycles. The van der Waals surface area contributed by atoms with Gasteiger partial charge in [-0.15, -0.1) is 0 Å². The van der Waals surface area contributed by atoms with Gasteiger partial charge in [0.1, 0.15) is 11.6 Å². The molecular formula is C29H37N7O2. The van der Waals surface area contributed by atoms with Crippen LogP contribution < -0.4 is 16.1 Å². The van der Waals surface area contributed by atoms with Crippen molar-refractivity contribution in [2.75, 3.05) is 63.2 Å². The number of allylic oxidation sites excluding steroid dienone is 1. The molecule has 2 fully saturated rings. The minimum absolute atomic E-state index is 0.213. The van der Waals surface area contributed by atoms with Gasteiger partial charge in [0.25, 0.3) is 5.91 Å². The highest BCUT2D eigenvalue weighted by atomic mass is 16.5. The SMILES string of the molecule is C/C(=C(/CN1CCCCC1)N(C)N)c1ccc2cnc(NC(=O)c3ccnc(N4CCOCC4)c3)cc2c1. The molecule has 3 N–H and O–H groups in total. The van der Waals surface area contributed by atoms with Crippen LogP contribution in [0, 0.1) is 0 Å². The number of aromatic nitrogens is 2. The standard InChI is InChI=1S/C29H37N7O2/c1-21(26(34(2)30)20-35-10-4-3-5-11-35)22-6-7-24-19-32-27(17-25(24)16-22)33-29(37)23-8-9-31-28(18-23)36-12-14-38-15-13-36/h6-9,16-19H,3-5,10-15,20,30H2,1-2H3,(H,32,33,37)/b26-21+. The van der Waals surface area contributed by atoms with E-state index in [1.807, 2.05) is 19.2 Å². The molecule has 9 heteroatoms. The van der Waals surface area contributed by atoms with E-state index in [2.05, 4.69) is 50.2 Å². The van der Waals surface area contributed by atoms with Crippen LogP contribution in [-0.4, -0.2) is 78.8 Å². The number of hydrogen-bond acceptors (Lipinski definition) is 8. The van der Waals surface area contributed by atoms with Gasteiger partial charge < -0.3 is 20.0 Å². The molecule has 2 saturated heterocycles. The quantitative estimate of drug-likeness (QED) is 0.363. The van der Waals surface area contributed by atoms with Gasteiger partial charge in [0.2, 0.25) is 0 Å². The fourth-order valence-electron chi connectivity index (χ4n) is 5.15. The van der Waals surface area contributed by atoms with E-state index >= 15 is 0 Å². The molecule has 0 atom stereocenters. The maximum atomic E-state index is 13.1. The summed E-state index contributed by atoms with van der Waals surface area (Å²) in [5.74, 6) is 7.35. The fraction of sp³-hybridized carbons (Fsp3) is 0.414. The number of hydrogen-bond donors (Lipinski definition) is 2. The number of nitrogens with zero attached hydrogens (tertiary/aromatic N) is 5. The number of pyridine rings is 2. The molecule has 2 aromatic heterocycles. The number of ether oxygens (including phenoxy) is 1. The summed E-state index contributed by atoms with van der Waals surface area (Å²) in [4.78, 5) is 26.6. The first-order chi connectivity index (χ1) is 18.5. The molecule has 0 bridgehead atoms. The molecule has 200 valence electrons. The van der Waals surface area contributed by atoms with Crippen molar-refractivity contribution in [3.63, 3.8) is 0 Å². The molecule has 0 aliphatic carbocycles. The third-order valence-electron chi connectivity index (χ3n) is 7.42. The first kappa shape index (κ1) is 26.1. The Morgan fingerprint density at radius 3 is 2.55 bits per heavy atom. The number of nitrogens with one attached hydrogen (secondary N) is 1. The normalized spacial score (nSPS) is 17.3. The summed E-state index contributed by atoms with van der Waals surface area (Å²) in [7, 11) is 1.91. The number of benzene rings is 1. The third kappa shape index (κ3) is 6.12. The zero-order valence-corrected chi connectivity index (χ0v) is 22.3. The van der Waals surface area contributed by atoms with Crippen LogP contribution in [0.1, 0.15) is 42.1 Å². The van der Waals surface area contributed by atoms with Crippen molar-refractivity contribution < 1.29 is 9.53 Å². The van der Waals surface area contributed by atoms with Gasteiger partial charge in [0, 0.05) is 55.7 Å². The van der Waals surface area contributed by atoms with E-state index in [0.717, 1.165) is 66.1 Å². The first-order valence-electron chi connectivity index (χ1n) is 13.4. The Morgan fingerprint density at radius 2 is 1.79 bits per heavy atom. The van der Waals surface area contributed by atoms with Crippen LogP contribution in [0.5, 0.6) is 0 Å². The number of likely N-dealkylation sites (N-methyl/N-ethyl adjacent to an activating group) is 1. The van der Waals surface area contributed by atoms with Gasteiger partial charge in [0.15, 0.2) is 0 Å².